The number of para-hydroxylation sites is 2. The predicted octanol–water partition coefficient (Wildman–Crippen LogP) is 1.77. The average Bonchev–Trinajstić information content (AvgIpc) is 2.60. The number of likely N-dealkylation sites (N-methyl/N-ethyl adjacent to an activating group) is 1. The lowest BCUT2D eigenvalue weighted by Gasteiger charge is -2.34. The van der Waals surface area contributed by atoms with Crippen LogP contribution in [0.2, 0.25) is 0 Å². The number of rotatable bonds is 3. The number of anilines is 1. The minimum Gasteiger partial charge on any atom is -0.477 e. The number of nitrogens with one attached hydrogen (secondary N) is 1. The Hall–Kier alpha value is -2.82. The fourth-order valence-corrected chi connectivity index (χ4v) is 2.63. The quantitative estimate of drug-likeness (QED) is 0.940. The highest BCUT2D eigenvalue weighted by Crippen LogP contribution is 2.33. The molecule has 2 aromatic rings. The van der Waals surface area contributed by atoms with Gasteiger partial charge in [-0.1, -0.05) is 42.5 Å². The minimum atomic E-state index is -0.699. The Labute approximate surface area is 134 Å². The molecule has 5 heteroatoms. The Morgan fingerprint density at radius 2 is 1.83 bits per heavy atom. The first kappa shape index (κ1) is 15.1. The number of ether oxygens (including phenoxy) is 1. The molecule has 0 bridgehead atoms. The monoisotopic (exact) mass is 310 g/mol. The summed E-state index contributed by atoms with van der Waals surface area (Å²) in [6.07, 6.45) is -0.412. The summed E-state index contributed by atoms with van der Waals surface area (Å²) in [6, 6.07) is 16.8. The van der Waals surface area contributed by atoms with Crippen LogP contribution >= 0.6 is 0 Å². The highest BCUT2D eigenvalue weighted by molar-refractivity contribution is 5.98. The Bertz CT molecular complexity index is 715. The van der Waals surface area contributed by atoms with E-state index in [9.17, 15) is 9.59 Å². The SMILES string of the molecule is CNC(=O)C1CN(C(=O)Cc2ccccc2)c2ccccc2O1. The highest BCUT2D eigenvalue weighted by Gasteiger charge is 2.33. The second-order valence-electron chi connectivity index (χ2n) is 5.36. The van der Waals surface area contributed by atoms with E-state index >= 15 is 0 Å². The van der Waals surface area contributed by atoms with Crippen LogP contribution in [0.25, 0.3) is 0 Å². The molecule has 1 atom stereocenters. The van der Waals surface area contributed by atoms with E-state index in [1.54, 1.807) is 18.0 Å². The fourth-order valence-electron chi connectivity index (χ4n) is 2.63. The van der Waals surface area contributed by atoms with Crippen LogP contribution in [0, 0.1) is 0 Å². The fraction of sp³-hybridized carbons (Fsp3) is 0.222. The van der Waals surface area contributed by atoms with E-state index in [1.165, 1.54) is 0 Å². The smallest absolute Gasteiger partial charge is 0.262 e. The topological polar surface area (TPSA) is 58.6 Å². The molecule has 2 aromatic carbocycles. The molecule has 3 rings (SSSR count). The van der Waals surface area contributed by atoms with Gasteiger partial charge in [-0.25, -0.2) is 0 Å². The van der Waals surface area contributed by atoms with E-state index in [4.69, 9.17) is 4.74 Å². The van der Waals surface area contributed by atoms with Crippen molar-refractivity contribution in [3.8, 4) is 5.75 Å². The lowest BCUT2D eigenvalue weighted by molar-refractivity contribution is -0.127. The van der Waals surface area contributed by atoms with Gasteiger partial charge >= 0.3 is 0 Å². The van der Waals surface area contributed by atoms with Gasteiger partial charge in [0.05, 0.1) is 18.7 Å². The van der Waals surface area contributed by atoms with Crippen LogP contribution in [-0.4, -0.2) is 31.5 Å². The summed E-state index contributed by atoms with van der Waals surface area (Å²) in [5, 5.41) is 2.57. The van der Waals surface area contributed by atoms with Crippen molar-refractivity contribution in [2.75, 3.05) is 18.5 Å². The number of fused-ring (bicyclic) bond motifs is 1. The number of hydrogen-bond acceptors (Lipinski definition) is 3. The Morgan fingerprint density at radius 1 is 1.13 bits per heavy atom. The van der Waals surface area contributed by atoms with Gasteiger partial charge < -0.3 is 15.0 Å². The summed E-state index contributed by atoms with van der Waals surface area (Å²) in [7, 11) is 1.56. The molecule has 1 N–H and O–H groups in total. The van der Waals surface area contributed by atoms with Gasteiger partial charge in [0.15, 0.2) is 6.10 Å². The molecule has 1 aliphatic heterocycles. The largest absolute Gasteiger partial charge is 0.477 e. The first-order valence-electron chi connectivity index (χ1n) is 7.50. The maximum atomic E-state index is 12.7. The summed E-state index contributed by atoms with van der Waals surface area (Å²) in [6.45, 7) is 0.211. The van der Waals surface area contributed by atoms with Crippen molar-refractivity contribution < 1.29 is 14.3 Å². The van der Waals surface area contributed by atoms with Crippen molar-refractivity contribution in [2.24, 2.45) is 0 Å². The van der Waals surface area contributed by atoms with Crippen molar-refractivity contribution >= 4 is 17.5 Å². The summed E-state index contributed by atoms with van der Waals surface area (Å²) >= 11 is 0. The Balaban J connectivity index is 1.87. The van der Waals surface area contributed by atoms with Crippen molar-refractivity contribution in [1.29, 1.82) is 0 Å². The van der Waals surface area contributed by atoms with Crippen molar-refractivity contribution in [3.63, 3.8) is 0 Å². The van der Waals surface area contributed by atoms with E-state index in [2.05, 4.69) is 5.32 Å². The zero-order chi connectivity index (χ0) is 16.2. The molecule has 0 fully saturated rings. The van der Waals surface area contributed by atoms with Crippen molar-refractivity contribution in [1.82, 2.24) is 5.32 Å². The van der Waals surface area contributed by atoms with E-state index in [-0.39, 0.29) is 24.8 Å². The third kappa shape index (κ3) is 3.18. The molecular formula is C18H18N2O3. The summed E-state index contributed by atoms with van der Waals surface area (Å²) < 4.78 is 5.71. The van der Waals surface area contributed by atoms with E-state index < -0.39 is 6.10 Å². The summed E-state index contributed by atoms with van der Waals surface area (Å²) in [5.74, 6) is 0.256. The number of carbonyl (C=O) groups excluding carboxylic acids is 2. The normalized spacial score (nSPS) is 16.2. The number of benzene rings is 2. The zero-order valence-electron chi connectivity index (χ0n) is 12.9. The standard InChI is InChI=1S/C18H18N2O3/c1-19-18(22)16-12-20(14-9-5-6-10-15(14)23-16)17(21)11-13-7-3-2-4-8-13/h2-10,16H,11-12H2,1H3,(H,19,22). The van der Waals surface area contributed by atoms with Crippen LogP contribution in [0.1, 0.15) is 5.56 Å². The third-order valence-electron chi connectivity index (χ3n) is 3.81. The highest BCUT2D eigenvalue weighted by atomic mass is 16.5. The summed E-state index contributed by atoms with van der Waals surface area (Å²) in [4.78, 5) is 26.3. The van der Waals surface area contributed by atoms with Gasteiger partial charge in [0.25, 0.3) is 5.91 Å². The lowest BCUT2D eigenvalue weighted by atomic mass is 10.1. The molecule has 1 heterocycles. The lowest BCUT2D eigenvalue weighted by Crippen LogP contribution is -2.50. The second-order valence-corrected chi connectivity index (χ2v) is 5.36. The molecule has 0 spiro atoms. The number of hydrogen-bond donors (Lipinski definition) is 1. The number of nitrogens with zero attached hydrogens (tertiary/aromatic N) is 1. The van der Waals surface area contributed by atoms with Crippen LogP contribution in [0.4, 0.5) is 5.69 Å². The van der Waals surface area contributed by atoms with Crippen LogP contribution < -0.4 is 15.0 Å². The molecule has 5 nitrogen and oxygen atoms in total. The molecule has 2 amide bonds. The maximum Gasteiger partial charge on any atom is 0.262 e. The van der Waals surface area contributed by atoms with E-state index in [0.29, 0.717) is 11.4 Å². The van der Waals surface area contributed by atoms with Gasteiger partial charge in [-0.2, -0.15) is 0 Å². The molecule has 0 saturated carbocycles. The zero-order valence-corrected chi connectivity index (χ0v) is 12.9. The minimum absolute atomic E-state index is 0.0548. The van der Waals surface area contributed by atoms with E-state index in [1.807, 2.05) is 48.5 Å². The molecular weight excluding hydrogens is 292 g/mol. The van der Waals surface area contributed by atoms with Gasteiger partial charge in [0.2, 0.25) is 5.91 Å². The van der Waals surface area contributed by atoms with Crippen molar-refractivity contribution in [2.45, 2.75) is 12.5 Å². The molecule has 1 unspecified atom stereocenters. The van der Waals surface area contributed by atoms with Crippen LogP contribution in [0.15, 0.2) is 54.6 Å². The molecule has 0 aliphatic carbocycles. The second kappa shape index (κ2) is 6.52. The first-order valence-corrected chi connectivity index (χ1v) is 7.50. The number of carbonyl (C=O) groups is 2. The van der Waals surface area contributed by atoms with Gasteiger partial charge in [0, 0.05) is 7.05 Å². The number of amides is 2. The van der Waals surface area contributed by atoms with Gasteiger partial charge in [0.1, 0.15) is 5.75 Å². The summed E-state index contributed by atoms with van der Waals surface area (Å²) in [5.41, 5.74) is 1.64. The van der Waals surface area contributed by atoms with Gasteiger partial charge in [-0.15, -0.1) is 0 Å². The van der Waals surface area contributed by atoms with Gasteiger partial charge in [-0.05, 0) is 17.7 Å². The van der Waals surface area contributed by atoms with Crippen LogP contribution in [-0.2, 0) is 16.0 Å². The van der Waals surface area contributed by atoms with Crippen molar-refractivity contribution in [3.05, 3.63) is 60.2 Å². The molecule has 0 aromatic heterocycles. The maximum absolute atomic E-state index is 12.7. The third-order valence-corrected chi connectivity index (χ3v) is 3.81. The molecule has 118 valence electrons. The predicted molar refractivity (Wildman–Crippen MR) is 87.4 cm³/mol. The molecule has 23 heavy (non-hydrogen) atoms. The van der Waals surface area contributed by atoms with Crippen LogP contribution in [0.5, 0.6) is 5.75 Å². The first-order chi connectivity index (χ1) is 11.2. The average molecular weight is 310 g/mol. The Kier molecular flexibility index (Phi) is 4.28. The molecule has 1 aliphatic rings. The molecule has 0 radical (unpaired) electrons. The Morgan fingerprint density at radius 3 is 2.57 bits per heavy atom. The van der Waals surface area contributed by atoms with Crippen LogP contribution in [0.3, 0.4) is 0 Å². The molecule has 0 saturated heterocycles. The van der Waals surface area contributed by atoms with E-state index in [0.717, 1.165) is 5.56 Å². The van der Waals surface area contributed by atoms with Gasteiger partial charge in [-0.3, -0.25) is 9.59 Å².